The molecule has 0 unspecified atom stereocenters. The van der Waals surface area contributed by atoms with E-state index in [1.807, 2.05) is 6.07 Å². The summed E-state index contributed by atoms with van der Waals surface area (Å²) in [5, 5.41) is 0. The summed E-state index contributed by atoms with van der Waals surface area (Å²) in [6.45, 7) is 4.16. The molecule has 0 atom stereocenters. The van der Waals surface area contributed by atoms with Crippen molar-refractivity contribution >= 4 is 15.9 Å². The van der Waals surface area contributed by atoms with Crippen molar-refractivity contribution in [3.8, 4) is 22.6 Å². The maximum absolute atomic E-state index is 6.02. The van der Waals surface area contributed by atoms with Gasteiger partial charge >= 0.3 is 0 Å². The Labute approximate surface area is 127 Å². The highest BCUT2D eigenvalue weighted by molar-refractivity contribution is 9.10. The quantitative estimate of drug-likeness (QED) is 0.563. The van der Waals surface area contributed by atoms with E-state index in [4.69, 9.17) is 4.42 Å². The minimum atomic E-state index is 0.876. The van der Waals surface area contributed by atoms with E-state index in [0.717, 1.165) is 27.1 Å². The van der Waals surface area contributed by atoms with Crippen LogP contribution in [0.15, 0.2) is 63.5 Å². The van der Waals surface area contributed by atoms with E-state index in [1.54, 1.807) is 0 Å². The first-order valence-corrected chi connectivity index (χ1v) is 7.36. The molecule has 0 aliphatic carbocycles. The van der Waals surface area contributed by atoms with Crippen LogP contribution < -0.4 is 0 Å². The van der Waals surface area contributed by atoms with E-state index in [1.165, 1.54) is 11.1 Å². The molecule has 3 aromatic rings. The van der Waals surface area contributed by atoms with Crippen molar-refractivity contribution in [2.75, 3.05) is 0 Å². The van der Waals surface area contributed by atoms with Crippen LogP contribution in [0.3, 0.4) is 0 Å². The van der Waals surface area contributed by atoms with Gasteiger partial charge in [0, 0.05) is 11.1 Å². The van der Waals surface area contributed by atoms with Gasteiger partial charge in [0.15, 0.2) is 0 Å². The fourth-order valence-electron chi connectivity index (χ4n) is 2.13. The van der Waals surface area contributed by atoms with E-state index in [-0.39, 0.29) is 0 Å². The molecule has 2 heteroatoms. The Morgan fingerprint density at radius 2 is 1.25 bits per heavy atom. The summed E-state index contributed by atoms with van der Waals surface area (Å²) in [5.41, 5.74) is 4.67. The molecule has 20 heavy (non-hydrogen) atoms. The van der Waals surface area contributed by atoms with Crippen LogP contribution in [0.2, 0.25) is 0 Å². The molecule has 0 N–H and O–H groups in total. The van der Waals surface area contributed by atoms with Crippen molar-refractivity contribution in [1.29, 1.82) is 0 Å². The van der Waals surface area contributed by atoms with Gasteiger partial charge in [0.1, 0.15) is 11.5 Å². The first kappa shape index (κ1) is 13.2. The molecule has 0 bridgehead atoms. The van der Waals surface area contributed by atoms with Gasteiger partial charge in [0.05, 0.1) is 4.47 Å². The van der Waals surface area contributed by atoms with Gasteiger partial charge in [-0.1, -0.05) is 59.7 Å². The molecule has 0 fully saturated rings. The second-order valence-corrected chi connectivity index (χ2v) is 5.87. The number of aryl methyl sites for hydroxylation is 2. The molecule has 0 spiro atoms. The number of hydrogen-bond acceptors (Lipinski definition) is 1. The van der Waals surface area contributed by atoms with Crippen molar-refractivity contribution in [3.05, 3.63) is 70.2 Å². The molecule has 2 aromatic carbocycles. The maximum Gasteiger partial charge on any atom is 0.148 e. The zero-order valence-electron chi connectivity index (χ0n) is 11.5. The van der Waals surface area contributed by atoms with E-state index in [0.29, 0.717) is 0 Å². The fourth-order valence-corrected chi connectivity index (χ4v) is 2.65. The third-order valence-electron chi connectivity index (χ3n) is 3.34. The van der Waals surface area contributed by atoms with Crippen molar-refractivity contribution in [2.45, 2.75) is 13.8 Å². The summed E-state index contributed by atoms with van der Waals surface area (Å²) < 4.78 is 7.00. The Kier molecular flexibility index (Phi) is 3.49. The van der Waals surface area contributed by atoms with Crippen LogP contribution in [0, 0.1) is 13.8 Å². The molecular weight excluding hydrogens is 312 g/mol. The van der Waals surface area contributed by atoms with Crippen LogP contribution in [0.25, 0.3) is 22.6 Å². The molecule has 0 aliphatic rings. The lowest BCUT2D eigenvalue weighted by Gasteiger charge is -2.00. The third-order valence-corrected chi connectivity index (χ3v) is 3.93. The molecule has 0 aliphatic heterocycles. The van der Waals surface area contributed by atoms with Gasteiger partial charge < -0.3 is 4.42 Å². The smallest absolute Gasteiger partial charge is 0.148 e. The lowest BCUT2D eigenvalue weighted by Crippen LogP contribution is -1.76. The second-order valence-electron chi connectivity index (χ2n) is 5.02. The third kappa shape index (κ3) is 2.56. The lowest BCUT2D eigenvalue weighted by molar-refractivity contribution is 0.596. The Morgan fingerprint density at radius 1 is 0.750 bits per heavy atom. The van der Waals surface area contributed by atoms with Crippen LogP contribution in [0.5, 0.6) is 0 Å². The van der Waals surface area contributed by atoms with Crippen LogP contribution in [-0.2, 0) is 0 Å². The highest BCUT2D eigenvalue weighted by Gasteiger charge is 2.12. The van der Waals surface area contributed by atoms with Gasteiger partial charge in [-0.25, -0.2) is 0 Å². The molecule has 0 saturated heterocycles. The minimum absolute atomic E-state index is 0.876. The molecule has 1 nitrogen and oxygen atoms in total. The highest BCUT2D eigenvalue weighted by Crippen LogP contribution is 2.36. The van der Waals surface area contributed by atoms with Crippen LogP contribution in [-0.4, -0.2) is 0 Å². The average molecular weight is 327 g/mol. The summed E-state index contributed by atoms with van der Waals surface area (Å²) in [6, 6.07) is 18.7. The standard InChI is InChI=1S/C18H15BrO/c1-12-3-7-14(8-4-12)17-11-16(19)18(20-17)15-9-5-13(2)6-10-15/h3-11H,1-2H3. The molecule has 0 saturated carbocycles. The van der Waals surface area contributed by atoms with Crippen LogP contribution in [0.1, 0.15) is 11.1 Å². The predicted octanol–water partition coefficient (Wildman–Crippen LogP) is 5.99. The highest BCUT2D eigenvalue weighted by atomic mass is 79.9. The first-order chi connectivity index (χ1) is 9.63. The fraction of sp³-hybridized carbons (Fsp3) is 0.111. The van der Waals surface area contributed by atoms with E-state index >= 15 is 0 Å². The van der Waals surface area contributed by atoms with Crippen molar-refractivity contribution in [2.24, 2.45) is 0 Å². The number of halogens is 1. The van der Waals surface area contributed by atoms with Gasteiger partial charge in [-0.05, 0) is 35.8 Å². The summed E-state index contributed by atoms with van der Waals surface area (Å²) >= 11 is 3.59. The van der Waals surface area contributed by atoms with Gasteiger partial charge in [-0.3, -0.25) is 0 Å². The first-order valence-electron chi connectivity index (χ1n) is 6.57. The van der Waals surface area contributed by atoms with Gasteiger partial charge in [0.25, 0.3) is 0 Å². The van der Waals surface area contributed by atoms with Crippen molar-refractivity contribution in [3.63, 3.8) is 0 Å². The average Bonchev–Trinajstić information content (AvgIpc) is 2.82. The van der Waals surface area contributed by atoms with Crippen molar-refractivity contribution < 1.29 is 4.42 Å². The Hall–Kier alpha value is -1.80. The van der Waals surface area contributed by atoms with E-state index in [9.17, 15) is 0 Å². The van der Waals surface area contributed by atoms with Crippen LogP contribution >= 0.6 is 15.9 Å². The molecule has 0 radical (unpaired) electrons. The lowest BCUT2D eigenvalue weighted by atomic mass is 10.1. The van der Waals surface area contributed by atoms with E-state index in [2.05, 4.69) is 78.3 Å². The molecule has 1 aromatic heterocycles. The van der Waals surface area contributed by atoms with E-state index < -0.39 is 0 Å². The Morgan fingerprint density at radius 3 is 1.80 bits per heavy atom. The number of furan rings is 1. The topological polar surface area (TPSA) is 13.1 Å². The molecule has 1 heterocycles. The molecule has 0 amide bonds. The normalized spacial score (nSPS) is 10.8. The number of hydrogen-bond donors (Lipinski definition) is 0. The minimum Gasteiger partial charge on any atom is -0.455 e. The summed E-state index contributed by atoms with van der Waals surface area (Å²) in [5.74, 6) is 1.76. The summed E-state index contributed by atoms with van der Waals surface area (Å²) in [7, 11) is 0. The monoisotopic (exact) mass is 326 g/mol. The van der Waals surface area contributed by atoms with Gasteiger partial charge in [-0.15, -0.1) is 0 Å². The zero-order chi connectivity index (χ0) is 14.1. The second kappa shape index (κ2) is 5.29. The van der Waals surface area contributed by atoms with Crippen LogP contribution in [0.4, 0.5) is 0 Å². The largest absolute Gasteiger partial charge is 0.455 e. The maximum atomic E-state index is 6.02. The van der Waals surface area contributed by atoms with Gasteiger partial charge in [-0.2, -0.15) is 0 Å². The number of rotatable bonds is 2. The molecule has 100 valence electrons. The van der Waals surface area contributed by atoms with Gasteiger partial charge in [0.2, 0.25) is 0 Å². The molecule has 3 rings (SSSR count). The Balaban J connectivity index is 2.02. The SMILES string of the molecule is Cc1ccc(-c2cc(Br)c(-c3ccc(C)cc3)o2)cc1. The summed E-state index contributed by atoms with van der Waals surface area (Å²) in [6.07, 6.45) is 0. The Bertz CT molecular complexity index is 721. The molecular formula is C18H15BrO. The predicted molar refractivity (Wildman–Crippen MR) is 86.8 cm³/mol. The van der Waals surface area contributed by atoms with Crippen molar-refractivity contribution in [1.82, 2.24) is 0 Å². The summed E-state index contributed by atoms with van der Waals surface area (Å²) in [4.78, 5) is 0. The number of benzene rings is 2. The zero-order valence-corrected chi connectivity index (χ0v) is 13.1.